The molecule has 0 aromatic carbocycles. The number of aliphatic hydroxyl groups is 1. The summed E-state index contributed by atoms with van der Waals surface area (Å²) in [4.78, 5) is 101. The predicted octanol–water partition coefficient (Wildman–Crippen LogP) is -7.49. The number of carboxylic acids is 1. The highest BCUT2D eigenvalue weighted by Gasteiger charge is 2.34. The van der Waals surface area contributed by atoms with Gasteiger partial charge in [-0.15, -0.1) is 0 Å². The van der Waals surface area contributed by atoms with E-state index in [2.05, 4.69) is 41.6 Å². The smallest absolute Gasteiger partial charge is 0.326 e. The van der Waals surface area contributed by atoms with E-state index >= 15 is 0 Å². The van der Waals surface area contributed by atoms with E-state index in [4.69, 9.17) is 45.9 Å². The van der Waals surface area contributed by atoms with Gasteiger partial charge >= 0.3 is 5.97 Å². The number of carbonyl (C=O) groups excluding carboxylic acids is 6. The van der Waals surface area contributed by atoms with Crippen molar-refractivity contribution in [2.45, 2.75) is 95.0 Å². The third-order valence-corrected chi connectivity index (χ3v) is 7.54. The van der Waals surface area contributed by atoms with E-state index in [1.165, 1.54) is 0 Å². The molecule has 0 aliphatic rings. The first-order valence-electron chi connectivity index (χ1n) is 17.3. The molecule has 25 nitrogen and oxygen atoms in total. The molecular weight excluding hydrogens is 728 g/mol. The van der Waals surface area contributed by atoms with Crippen molar-refractivity contribution in [1.29, 1.82) is 0 Å². The van der Waals surface area contributed by atoms with Crippen LogP contribution in [0.2, 0.25) is 0 Å². The number of carboxylic acid groups (broad SMARTS) is 1. The third-order valence-electron chi connectivity index (χ3n) is 7.54. The molecule has 0 saturated carbocycles. The lowest BCUT2D eigenvalue weighted by atomic mass is 10.0. The number of guanidine groups is 3. The number of primary amides is 1. The summed E-state index contributed by atoms with van der Waals surface area (Å²) >= 11 is 0. The zero-order valence-electron chi connectivity index (χ0n) is 31.0. The Morgan fingerprint density at radius 1 is 0.545 bits per heavy atom. The van der Waals surface area contributed by atoms with Crippen molar-refractivity contribution in [3.63, 3.8) is 0 Å². The molecule has 0 rings (SSSR count). The summed E-state index contributed by atoms with van der Waals surface area (Å²) in [5.74, 6) is -8.17. The molecule has 0 aliphatic heterocycles. The van der Waals surface area contributed by atoms with Gasteiger partial charge in [0.05, 0.1) is 13.0 Å². The molecule has 0 fully saturated rings. The SMILES string of the molecule is CC(C)[C@H](NC(=O)[C@H](CCCN=C(N)N)NC(=O)[C@H](CCCN=C(N)N)NC(=O)[C@H](CCCN=C(N)N)NC(=O)[C@@H](N)CO)C(=O)N[C@@H](CC(N)=O)C(=O)O. The number of rotatable bonds is 27. The van der Waals surface area contributed by atoms with E-state index in [1.54, 1.807) is 13.8 Å². The number of amides is 6. The van der Waals surface area contributed by atoms with Gasteiger partial charge in [0, 0.05) is 19.6 Å². The van der Waals surface area contributed by atoms with Crippen molar-refractivity contribution in [1.82, 2.24) is 26.6 Å². The number of nitrogens with one attached hydrogen (secondary N) is 5. The maximum Gasteiger partial charge on any atom is 0.326 e. The van der Waals surface area contributed by atoms with Gasteiger partial charge in [-0.05, 0) is 44.4 Å². The predicted molar refractivity (Wildman–Crippen MR) is 201 cm³/mol. The summed E-state index contributed by atoms with van der Waals surface area (Å²) in [5.41, 5.74) is 43.1. The molecule has 6 amide bonds. The average Bonchev–Trinajstić information content (AvgIpc) is 3.08. The van der Waals surface area contributed by atoms with Gasteiger partial charge < -0.3 is 82.7 Å². The van der Waals surface area contributed by atoms with Crippen LogP contribution in [0.3, 0.4) is 0 Å². The Balaban J connectivity index is 6.51. The van der Waals surface area contributed by atoms with Crippen LogP contribution < -0.4 is 72.5 Å². The average molecular weight is 787 g/mol. The fourth-order valence-electron chi connectivity index (χ4n) is 4.68. The highest BCUT2D eigenvalue weighted by molar-refractivity contribution is 5.96. The highest BCUT2D eigenvalue weighted by Crippen LogP contribution is 2.09. The maximum absolute atomic E-state index is 13.8. The lowest BCUT2D eigenvalue weighted by Gasteiger charge is -2.28. The summed E-state index contributed by atoms with van der Waals surface area (Å²) in [6.45, 7) is 2.58. The second-order valence-corrected chi connectivity index (χ2v) is 12.6. The van der Waals surface area contributed by atoms with Crippen molar-refractivity contribution in [2.75, 3.05) is 26.2 Å². The molecule has 312 valence electrons. The number of hydrogen-bond acceptors (Lipinski definition) is 12. The van der Waals surface area contributed by atoms with E-state index in [-0.39, 0.29) is 76.0 Å². The molecule has 0 aliphatic carbocycles. The number of hydrogen-bond donors (Lipinski definition) is 15. The van der Waals surface area contributed by atoms with Crippen LogP contribution in [0.5, 0.6) is 0 Å². The lowest BCUT2D eigenvalue weighted by Crippen LogP contribution is -2.60. The first-order chi connectivity index (χ1) is 25.7. The molecule has 55 heavy (non-hydrogen) atoms. The highest BCUT2D eigenvalue weighted by atomic mass is 16.4. The van der Waals surface area contributed by atoms with Crippen molar-refractivity contribution >= 4 is 59.3 Å². The van der Waals surface area contributed by atoms with E-state index in [1.807, 2.05) is 0 Å². The lowest BCUT2D eigenvalue weighted by molar-refractivity contribution is -0.144. The molecule has 0 heterocycles. The van der Waals surface area contributed by atoms with E-state index in [0.717, 1.165) is 0 Å². The van der Waals surface area contributed by atoms with Gasteiger partial charge in [-0.25, -0.2) is 4.79 Å². The maximum atomic E-state index is 13.8. The van der Waals surface area contributed by atoms with Crippen LogP contribution in [0.1, 0.15) is 58.8 Å². The molecule has 0 aromatic rings. The Bertz CT molecular complexity index is 1400. The Hall–Kier alpha value is -5.98. The third kappa shape index (κ3) is 21.3. The monoisotopic (exact) mass is 786 g/mol. The molecular formula is C30H58N16O9. The number of carbonyl (C=O) groups is 7. The zero-order chi connectivity index (χ0) is 42.2. The summed E-state index contributed by atoms with van der Waals surface area (Å²) in [5, 5.41) is 31.0. The first-order valence-corrected chi connectivity index (χ1v) is 17.3. The molecule has 25 heteroatoms. The summed E-state index contributed by atoms with van der Waals surface area (Å²) < 4.78 is 0. The van der Waals surface area contributed by atoms with E-state index in [0.29, 0.717) is 0 Å². The molecule has 6 atom stereocenters. The Morgan fingerprint density at radius 3 is 1.20 bits per heavy atom. The van der Waals surface area contributed by atoms with Crippen LogP contribution in [0.25, 0.3) is 0 Å². The molecule has 23 N–H and O–H groups in total. The van der Waals surface area contributed by atoms with Gasteiger partial charge in [0.1, 0.15) is 36.3 Å². The zero-order valence-corrected chi connectivity index (χ0v) is 31.0. The second kappa shape index (κ2) is 25.9. The molecule has 0 saturated heterocycles. The second-order valence-electron chi connectivity index (χ2n) is 12.6. The largest absolute Gasteiger partial charge is 0.480 e. The van der Waals surface area contributed by atoms with E-state index in [9.17, 15) is 43.8 Å². The van der Waals surface area contributed by atoms with Gasteiger partial charge in [0.25, 0.3) is 0 Å². The number of aliphatic hydroxyl groups excluding tert-OH is 1. The number of aliphatic imine (C=N–C) groups is 3. The van der Waals surface area contributed by atoms with Crippen molar-refractivity contribution in [2.24, 2.45) is 66.8 Å². The van der Waals surface area contributed by atoms with E-state index < -0.39 is 96.6 Å². The quantitative estimate of drug-likeness (QED) is 0.0209. The van der Waals surface area contributed by atoms with Crippen molar-refractivity contribution < 1.29 is 43.8 Å². The fraction of sp³-hybridized carbons (Fsp3) is 0.667. The topological polar surface area (TPSA) is 465 Å². The van der Waals surface area contributed by atoms with Crippen LogP contribution in [-0.2, 0) is 33.6 Å². The number of nitrogens with two attached hydrogens (primary N) is 8. The molecule has 0 bridgehead atoms. The minimum atomic E-state index is -1.68. The van der Waals surface area contributed by atoms with Crippen molar-refractivity contribution in [3.8, 4) is 0 Å². The summed E-state index contributed by atoms with van der Waals surface area (Å²) in [6.07, 6.45) is -0.401. The standard InChI is InChI=1S/C30H58N16O9/c1-14(2)21(26(53)45-19(27(54)55)12-20(32)48)46-25(52)18(8-5-11-41-30(37)38)44-24(51)17(7-4-10-40-29(35)36)43-23(50)16(6-3-9-39-28(33)34)42-22(49)15(31)13-47/h14-19,21,47H,3-13,31H2,1-2H3,(H2,32,48)(H,42,49)(H,43,50)(H,44,51)(H,45,53)(H,46,52)(H,54,55)(H4,33,34,39)(H4,35,36,40)(H4,37,38,41)/t15-,16-,17-,18-,19-,21-/m0/s1. The van der Waals surface area contributed by atoms with Crippen LogP contribution in [-0.4, -0.2) is 132 Å². The Kier molecular flexibility index (Phi) is 23.1. The summed E-state index contributed by atoms with van der Waals surface area (Å²) in [7, 11) is 0. The fourth-order valence-corrected chi connectivity index (χ4v) is 4.68. The number of nitrogens with zero attached hydrogens (tertiary/aromatic N) is 3. The number of aliphatic carboxylic acids is 1. The van der Waals surface area contributed by atoms with Crippen LogP contribution in [0.15, 0.2) is 15.0 Å². The normalized spacial score (nSPS) is 14.0. The van der Waals surface area contributed by atoms with Crippen LogP contribution >= 0.6 is 0 Å². The van der Waals surface area contributed by atoms with Gasteiger partial charge in [-0.2, -0.15) is 0 Å². The minimum absolute atomic E-state index is 0.0223. The summed E-state index contributed by atoms with van der Waals surface area (Å²) in [6, 6.07) is -8.39. The first kappa shape index (κ1) is 49.0. The van der Waals surface area contributed by atoms with Gasteiger partial charge in [0.15, 0.2) is 17.9 Å². The van der Waals surface area contributed by atoms with Crippen molar-refractivity contribution in [3.05, 3.63) is 0 Å². The van der Waals surface area contributed by atoms with Gasteiger partial charge in [-0.1, -0.05) is 13.8 Å². The Labute approximate surface area is 317 Å². The van der Waals surface area contributed by atoms with Crippen LogP contribution in [0, 0.1) is 5.92 Å². The molecule has 0 spiro atoms. The minimum Gasteiger partial charge on any atom is -0.480 e. The molecule has 0 aromatic heterocycles. The Morgan fingerprint density at radius 2 is 0.891 bits per heavy atom. The molecule has 0 unspecified atom stereocenters. The molecule has 0 radical (unpaired) electrons. The van der Waals surface area contributed by atoms with Gasteiger partial charge in [-0.3, -0.25) is 43.7 Å². The van der Waals surface area contributed by atoms with Gasteiger partial charge in [0.2, 0.25) is 35.4 Å². The van der Waals surface area contributed by atoms with Crippen LogP contribution in [0.4, 0.5) is 0 Å².